The average molecular weight is 220 g/mol. The maximum Gasteiger partial charge on any atom is 0.00746 e. The Morgan fingerprint density at radius 3 is 2.06 bits per heavy atom. The van der Waals surface area contributed by atoms with Crippen LogP contribution in [-0.4, -0.2) is 19.6 Å². The summed E-state index contributed by atoms with van der Waals surface area (Å²) in [6.45, 7) is 11.5. The summed E-state index contributed by atoms with van der Waals surface area (Å²) in [5, 5.41) is 3.35. The van der Waals surface area contributed by atoms with Gasteiger partial charge in [0.1, 0.15) is 0 Å². The molecule has 90 valence electrons. The third-order valence-corrected chi connectivity index (χ3v) is 3.39. The normalized spacial score (nSPS) is 10.8. The van der Waals surface area contributed by atoms with Crippen LogP contribution in [0.4, 0.5) is 0 Å². The van der Waals surface area contributed by atoms with Crippen LogP contribution >= 0.6 is 0 Å². The molecule has 1 aromatic carbocycles. The van der Waals surface area contributed by atoms with Crippen molar-refractivity contribution in [3.8, 4) is 0 Å². The molecule has 0 aliphatic carbocycles. The van der Waals surface area contributed by atoms with E-state index in [1.165, 1.54) is 27.8 Å². The summed E-state index contributed by atoms with van der Waals surface area (Å²) in [5.41, 5.74) is 12.6. The summed E-state index contributed by atoms with van der Waals surface area (Å²) in [5.74, 6) is 0. The molecule has 0 spiro atoms. The molecule has 0 radical (unpaired) electrons. The van der Waals surface area contributed by atoms with Crippen molar-refractivity contribution in [2.75, 3.05) is 19.6 Å². The van der Waals surface area contributed by atoms with Gasteiger partial charge in [0, 0.05) is 13.1 Å². The van der Waals surface area contributed by atoms with Gasteiger partial charge in [-0.25, -0.2) is 0 Å². The number of aryl methyl sites for hydroxylation is 2. The Morgan fingerprint density at radius 2 is 1.56 bits per heavy atom. The largest absolute Gasteiger partial charge is 0.329 e. The zero-order chi connectivity index (χ0) is 12.1. The minimum Gasteiger partial charge on any atom is -0.329 e. The van der Waals surface area contributed by atoms with Gasteiger partial charge in [-0.05, 0) is 68.5 Å². The van der Waals surface area contributed by atoms with Crippen molar-refractivity contribution < 1.29 is 0 Å². The highest BCUT2D eigenvalue weighted by Gasteiger charge is 2.07. The number of hydrogen-bond donors (Lipinski definition) is 2. The molecule has 0 heterocycles. The fourth-order valence-corrected chi connectivity index (χ4v) is 2.11. The van der Waals surface area contributed by atoms with Gasteiger partial charge in [-0.2, -0.15) is 0 Å². The van der Waals surface area contributed by atoms with Gasteiger partial charge in [-0.3, -0.25) is 0 Å². The van der Waals surface area contributed by atoms with Crippen LogP contribution in [-0.2, 0) is 6.42 Å². The van der Waals surface area contributed by atoms with Crippen molar-refractivity contribution in [1.82, 2.24) is 5.32 Å². The van der Waals surface area contributed by atoms with Crippen LogP contribution < -0.4 is 11.1 Å². The average Bonchev–Trinajstić information content (AvgIpc) is 2.25. The summed E-state index contributed by atoms with van der Waals surface area (Å²) >= 11 is 0. The zero-order valence-corrected chi connectivity index (χ0v) is 11.0. The van der Waals surface area contributed by atoms with E-state index in [4.69, 9.17) is 5.73 Å². The first-order valence-corrected chi connectivity index (χ1v) is 6.05. The van der Waals surface area contributed by atoms with E-state index in [1.807, 2.05) is 0 Å². The molecule has 0 amide bonds. The van der Waals surface area contributed by atoms with Crippen molar-refractivity contribution in [2.45, 2.75) is 34.1 Å². The Kier molecular flexibility index (Phi) is 4.97. The molecule has 1 rings (SSSR count). The van der Waals surface area contributed by atoms with E-state index in [0.29, 0.717) is 6.54 Å². The Labute approximate surface area is 99.2 Å². The van der Waals surface area contributed by atoms with Gasteiger partial charge in [-0.1, -0.05) is 6.07 Å². The van der Waals surface area contributed by atoms with Gasteiger partial charge in [-0.15, -0.1) is 0 Å². The highest BCUT2D eigenvalue weighted by molar-refractivity contribution is 5.44. The second kappa shape index (κ2) is 6.02. The molecule has 0 fully saturated rings. The molecule has 0 saturated heterocycles. The standard InChI is InChI=1S/C14H24N2/c1-10-9-11(2)13(4)14(12(10)3)5-7-16-8-6-15/h9,16H,5-8,15H2,1-4H3. The number of hydrogen-bond acceptors (Lipinski definition) is 2. The summed E-state index contributed by atoms with van der Waals surface area (Å²) in [7, 11) is 0. The van der Waals surface area contributed by atoms with E-state index in [1.54, 1.807) is 0 Å². The molecule has 0 unspecified atom stereocenters. The van der Waals surface area contributed by atoms with Crippen molar-refractivity contribution in [2.24, 2.45) is 5.73 Å². The molecule has 16 heavy (non-hydrogen) atoms. The summed E-state index contributed by atoms with van der Waals surface area (Å²) < 4.78 is 0. The smallest absolute Gasteiger partial charge is 0.00746 e. The topological polar surface area (TPSA) is 38.0 Å². The van der Waals surface area contributed by atoms with Gasteiger partial charge in [0.25, 0.3) is 0 Å². The van der Waals surface area contributed by atoms with Crippen LogP contribution in [0.3, 0.4) is 0 Å². The van der Waals surface area contributed by atoms with Gasteiger partial charge >= 0.3 is 0 Å². The van der Waals surface area contributed by atoms with Gasteiger partial charge in [0.05, 0.1) is 0 Å². The lowest BCUT2D eigenvalue weighted by Gasteiger charge is -2.15. The summed E-state index contributed by atoms with van der Waals surface area (Å²) in [6, 6.07) is 2.28. The minimum atomic E-state index is 0.713. The molecular formula is C14H24N2. The lowest BCUT2D eigenvalue weighted by molar-refractivity contribution is 0.685. The van der Waals surface area contributed by atoms with Gasteiger partial charge < -0.3 is 11.1 Å². The molecule has 0 aromatic heterocycles. The number of benzene rings is 1. The molecule has 1 aromatic rings. The molecule has 3 N–H and O–H groups in total. The van der Waals surface area contributed by atoms with Crippen LogP contribution in [0.5, 0.6) is 0 Å². The lowest BCUT2D eigenvalue weighted by atomic mass is 9.92. The molecule has 2 heteroatoms. The minimum absolute atomic E-state index is 0.713. The second-order valence-electron chi connectivity index (χ2n) is 4.53. The highest BCUT2D eigenvalue weighted by atomic mass is 14.9. The Bertz CT molecular complexity index is 330. The number of nitrogens with one attached hydrogen (secondary N) is 1. The van der Waals surface area contributed by atoms with Crippen LogP contribution in [0, 0.1) is 27.7 Å². The van der Waals surface area contributed by atoms with Gasteiger partial charge in [0.2, 0.25) is 0 Å². The fraction of sp³-hybridized carbons (Fsp3) is 0.571. The first-order valence-electron chi connectivity index (χ1n) is 6.05. The van der Waals surface area contributed by atoms with E-state index in [2.05, 4.69) is 39.1 Å². The van der Waals surface area contributed by atoms with E-state index in [0.717, 1.165) is 19.5 Å². The zero-order valence-electron chi connectivity index (χ0n) is 11.0. The number of rotatable bonds is 5. The van der Waals surface area contributed by atoms with Gasteiger partial charge in [0.15, 0.2) is 0 Å². The monoisotopic (exact) mass is 220 g/mol. The maximum absolute atomic E-state index is 5.45. The SMILES string of the molecule is Cc1cc(C)c(C)c(CCNCCN)c1C. The van der Waals surface area contributed by atoms with E-state index >= 15 is 0 Å². The van der Waals surface area contributed by atoms with Crippen LogP contribution in [0.1, 0.15) is 27.8 Å². The third-order valence-electron chi connectivity index (χ3n) is 3.39. The molecule has 0 bridgehead atoms. The Hall–Kier alpha value is -0.860. The van der Waals surface area contributed by atoms with Crippen molar-refractivity contribution in [1.29, 1.82) is 0 Å². The van der Waals surface area contributed by atoms with Crippen molar-refractivity contribution in [3.63, 3.8) is 0 Å². The van der Waals surface area contributed by atoms with E-state index in [-0.39, 0.29) is 0 Å². The molecule has 0 aliphatic rings. The lowest BCUT2D eigenvalue weighted by Crippen LogP contribution is -2.25. The third kappa shape index (κ3) is 3.06. The Balaban J connectivity index is 2.78. The van der Waals surface area contributed by atoms with Crippen molar-refractivity contribution >= 4 is 0 Å². The number of nitrogens with two attached hydrogens (primary N) is 1. The summed E-state index contributed by atoms with van der Waals surface area (Å²) in [4.78, 5) is 0. The highest BCUT2D eigenvalue weighted by Crippen LogP contribution is 2.21. The molecule has 2 nitrogen and oxygen atoms in total. The van der Waals surface area contributed by atoms with E-state index < -0.39 is 0 Å². The Morgan fingerprint density at radius 1 is 1.00 bits per heavy atom. The summed E-state index contributed by atoms with van der Waals surface area (Å²) in [6.07, 6.45) is 1.10. The molecular weight excluding hydrogens is 196 g/mol. The van der Waals surface area contributed by atoms with Crippen LogP contribution in [0.15, 0.2) is 6.07 Å². The van der Waals surface area contributed by atoms with Crippen LogP contribution in [0.25, 0.3) is 0 Å². The first kappa shape index (κ1) is 13.2. The quantitative estimate of drug-likeness (QED) is 0.745. The maximum atomic E-state index is 5.45. The first-order chi connectivity index (χ1) is 7.57. The van der Waals surface area contributed by atoms with Crippen molar-refractivity contribution in [3.05, 3.63) is 33.9 Å². The van der Waals surface area contributed by atoms with Crippen LogP contribution in [0.2, 0.25) is 0 Å². The van der Waals surface area contributed by atoms with E-state index in [9.17, 15) is 0 Å². The second-order valence-corrected chi connectivity index (χ2v) is 4.53. The predicted molar refractivity (Wildman–Crippen MR) is 71.0 cm³/mol. The molecule has 0 atom stereocenters. The molecule has 0 aliphatic heterocycles. The fourth-order valence-electron chi connectivity index (χ4n) is 2.11. The molecule has 0 saturated carbocycles. The predicted octanol–water partition coefficient (Wildman–Crippen LogP) is 2.01.